The molecule has 0 fully saturated rings. The monoisotopic (exact) mass is 406 g/mol. The van der Waals surface area contributed by atoms with E-state index < -0.39 is 12.1 Å². The average molecular weight is 406 g/mol. The molecule has 0 saturated heterocycles. The molecular formula is C24H26N2O4. The molecular weight excluding hydrogens is 380 g/mol. The van der Waals surface area contributed by atoms with Crippen LogP contribution in [0.5, 0.6) is 0 Å². The van der Waals surface area contributed by atoms with Gasteiger partial charge >= 0.3 is 5.97 Å². The summed E-state index contributed by atoms with van der Waals surface area (Å²) in [4.78, 5) is 38.5. The van der Waals surface area contributed by atoms with Gasteiger partial charge in [-0.1, -0.05) is 49.7 Å². The van der Waals surface area contributed by atoms with Crippen molar-refractivity contribution in [3.8, 4) is 0 Å². The van der Waals surface area contributed by atoms with Crippen LogP contribution in [0.4, 0.5) is 0 Å². The summed E-state index contributed by atoms with van der Waals surface area (Å²) in [7, 11) is 0. The Labute approximate surface area is 175 Å². The van der Waals surface area contributed by atoms with Crippen LogP contribution in [0.1, 0.15) is 52.7 Å². The van der Waals surface area contributed by atoms with E-state index in [1.165, 1.54) is 4.68 Å². The number of esters is 1. The van der Waals surface area contributed by atoms with Gasteiger partial charge in [0.25, 0.3) is 5.56 Å². The summed E-state index contributed by atoms with van der Waals surface area (Å²) in [5, 5.41) is 5.09. The van der Waals surface area contributed by atoms with Crippen molar-refractivity contribution in [2.24, 2.45) is 5.92 Å². The number of aryl methyl sites for hydroxylation is 2. The van der Waals surface area contributed by atoms with E-state index in [2.05, 4.69) is 5.10 Å². The summed E-state index contributed by atoms with van der Waals surface area (Å²) in [6, 6.07) is 12.4. The fourth-order valence-corrected chi connectivity index (χ4v) is 3.35. The summed E-state index contributed by atoms with van der Waals surface area (Å²) in [5.74, 6) is -0.829. The number of fused-ring (bicyclic) bond motifs is 1. The minimum atomic E-state index is -0.982. The van der Waals surface area contributed by atoms with Gasteiger partial charge in [-0.3, -0.25) is 9.59 Å². The van der Waals surface area contributed by atoms with Crippen LogP contribution in [-0.2, 0) is 11.3 Å². The second kappa shape index (κ2) is 8.61. The van der Waals surface area contributed by atoms with E-state index in [-0.39, 0.29) is 23.0 Å². The van der Waals surface area contributed by atoms with E-state index in [0.717, 1.165) is 11.1 Å². The molecule has 3 rings (SSSR count). The minimum Gasteiger partial charge on any atom is -0.449 e. The second-order valence-electron chi connectivity index (χ2n) is 8.01. The fraction of sp³-hybridized carbons (Fsp3) is 0.333. The van der Waals surface area contributed by atoms with Crippen LogP contribution in [0, 0.1) is 19.8 Å². The number of ether oxygens (including phenoxy) is 1. The number of ketones is 1. The van der Waals surface area contributed by atoms with Crippen LogP contribution in [0.3, 0.4) is 0 Å². The Kier molecular flexibility index (Phi) is 6.15. The first-order valence-electron chi connectivity index (χ1n) is 10.0. The highest BCUT2D eigenvalue weighted by molar-refractivity contribution is 6.05. The van der Waals surface area contributed by atoms with E-state index in [4.69, 9.17) is 4.74 Å². The Balaban J connectivity index is 1.96. The molecule has 6 heteroatoms. The number of Topliss-reactive ketones (excluding diaryl/α,β-unsaturated/α-hetero) is 1. The number of benzene rings is 2. The van der Waals surface area contributed by atoms with Crippen molar-refractivity contribution in [1.29, 1.82) is 0 Å². The molecule has 0 amide bonds. The van der Waals surface area contributed by atoms with Crippen LogP contribution >= 0.6 is 0 Å². The highest BCUT2D eigenvalue weighted by Gasteiger charge is 2.25. The maximum absolute atomic E-state index is 13.0. The average Bonchev–Trinajstić information content (AvgIpc) is 2.71. The molecule has 0 aliphatic carbocycles. The summed E-state index contributed by atoms with van der Waals surface area (Å²) in [6.45, 7) is 9.60. The molecule has 0 radical (unpaired) electrons. The van der Waals surface area contributed by atoms with Crippen LogP contribution < -0.4 is 5.56 Å². The highest BCUT2D eigenvalue weighted by atomic mass is 16.5. The maximum Gasteiger partial charge on any atom is 0.360 e. The summed E-state index contributed by atoms with van der Waals surface area (Å²) in [5.41, 5.74) is 2.08. The molecule has 0 N–H and O–H groups in total. The molecule has 6 nitrogen and oxygen atoms in total. The van der Waals surface area contributed by atoms with Gasteiger partial charge in [-0.05, 0) is 44.4 Å². The lowest BCUT2D eigenvalue weighted by Crippen LogP contribution is -2.30. The van der Waals surface area contributed by atoms with E-state index in [0.29, 0.717) is 22.9 Å². The molecule has 0 saturated carbocycles. The SMILES string of the molecule is Cc1ccc(C)c(C(=O)[C@H](C)OC(=O)c2nn(CC(C)C)c(=O)c3ccccc23)c1. The molecule has 2 aromatic carbocycles. The van der Waals surface area contributed by atoms with E-state index >= 15 is 0 Å². The molecule has 1 heterocycles. The van der Waals surface area contributed by atoms with E-state index in [1.54, 1.807) is 37.3 Å². The van der Waals surface area contributed by atoms with Gasteiger partial charge in [-0.2, -0.15) is 5.10 Å². The van der Waals surface area contributed by atoms with Gasteiger partial charge in [0.1, 0.15) is 0 Å². The standard InChI is InChI=1S/C24H26N2O4/c1-14(2)13-26-23(28)19-9-7-6-8-18(19)21(25-26)24(29)30-17(5)22(27)20-12-15(3)10-11-16(20)4/h6-12,14,17H,13H2,1-5H3/t17-/m0/s1. The third-order valence-corrected chi connectivity index (χ3v) is 4.91. The number of hydrogen-bond acceptors (Lipinski definition) is 5. The lowest BCUT2D eigenvalue weighted by atomic mass is 9.99. The number of rotatable bonds is 6. The van der Waals surface area contributed by atoms with Crippen molar-refractivity contribution in [3.63, 3.8) is 0 Å². The van der Waals surface area contributed by atoms with Crippen molar-refractivity contribution >= 4 is 22.5 Å². The van der Waals surface area contributed by atoms with E-state index in [9.17, 15) is 14.4 Å². The number of hydrogen-bond donors (Lipinski definition) is 0. The molecule has 0 bridgehead atoms. The summed E-state index contributed by atoms with van der Waals surface area (Å²) >= 11 is 0. The smallest absolute Gasteiger partial charge is 0.360 e. The Morgan fingerprint density at radius 2 is 1.70 bits per heavy atom. The molecule has 3 aromatic rings. The first-order valence-corrected chi connectivity index (χ1v) is 10.0. The van der Waals surface area contributed by atoms with Crippen LogP contribution in [0.25, 0.3) is 10.8 Å². The van der Waals surface area contributed by atoms with Gasteiger partial charge in [-0.15, -0.1) is 0 Å². The topological polar surface area (TPSA) is 78.3 Å². The van der Waals surface area contributed by atoms with Crippen LogP contribution in [0.2, 0.25) is 0 Å². The van der Waals surface area contributed by atoms with Gasteiger partial charge < -0.3 is 4.74 Å². The van der Waals surface area contributed by atoms with Crippen molar-refractivity contribution in [3.05, 3.63) is 75.2 Å². The first kappa shape index (κ1) is 21.4. The Morgan fingerprint density at radius 3 is 2.37 bits per heavy atom. The van der Waals surface area contributed by atoms with Gasteiger partial charge in [0.05, 0.1) is 5.39 Å². The molecule has 0 spiro atoms. The molecule has 0 unspecified atom stereocenters. The number of carbonyl (C=O) groups is 2. The fourth-order valence-electron chi connectivity index (χ4n) is 3.35. The quantitative estimate of drug-likeness (QED) is 0.455. The molecule has 30 heavy (non-hydrogen) atoms. The first-order chi connectivity index (χ1) is 14.2. The Bertz CT molecular complexity index is 1180. The molecule has 156 valence electrons. The highest BCUT2D eigenvalue weighted by Crippen LogP contribution is 2.18. The third-order valence-electron chi connectivity index (χ3n) is 4.91. The normalized spacial score (nSPS) is 12.2. The molecule has 0 aliphatic heterocycles. The minimum absolute atomic E-state index is 0.0338. The summed E-state index contributed by atoms with van der Waals surface area (Å²) in [6.07, 6.45) is -0.982. The largest absolute Gasteiger partial charge is 0.449 e. The van der Waals surface area contributed by atoms with Crippen molar-refractivity contribution < 1.29 is 14.3 Å². The van der Waals surface area contributed by atoms with Gasteiger partial charge in [-0.25, -0.2) is 9.48 Å². The summed E-state index contributed by atoms with van der Waals surface area (Å²) < 4.78 is 6.78. The number of nitrogens with zero attached hydrogens (tertiary/aromatic N) is 2. The molecule has 1 atom stereocenters. The van der Waals surface area contributed by atoms with Gasteiger partial charge in [0, 0.05) is 17.5 Å². The zero-order valence-corrected chi connectivity index (χ0v) is 17.9. The van der Waals surface area contributed by atoms with Crippen LogP contribution in [-0.4, -0.2) is 27.6 Å². The number of aromatic nitrogens is 2. The Morgan fingerprint density at radius 1 is 1.03 bits per heavy atom. The lowest BCUT2D eigenvalue weighted by molar-refractivity contribution is 0.0312. The van der Waals surface area contributed by atoms with Gasteiger partial charge in [0.15, 0.2) is 11.8 Å². The number of carbonyl (C=O) groups excluding carboxylic acids is 2. The molecule has 1 aromatic heterocycles. The van der Waals surface area contributed by atoms with Crippen molar-refractivity contribution in [1.82, 2.24) is 9.78 Å². The predicted octanol–water partition coefficient (Wildman–Crippen LogP) is 4.10. The lowest BCUT2D eigenvalue weighted by Gasteiger charge is -2.16. The van der Waals surface area contributed by atoms with E-state index in [1.807, 2.05) is 39.8 Å². The van der Waals surface area contributed by atoms with Gasteiger partial charge in [0.2, 0.25) is 5.78 Å². The van der Waals surface area contributed by atoms with Crippen molar-refractivity contribution in [2.75, 3.05) is 0 Å². The third kappa shape index (κ3) is 4.32. The predicted molar refractivity (Wildman–Crippen MR) is 116 cm³/mol. The second-order valence-corrected chi connectivity index (χ2v) is 8.01. The zero-order chi connectivity index (χ0) is 22.0. The van der Waals surface area contributed by atoms with Crippen molar-refractivity contribution in [2.45, 2.75) is 47.3 Å². The zero-order valence-electron chi connectivity index (χ0n) is 17.9. The van der Waals surface area contributed by atoms with Crippen LogP contribution in [0.15, 0.2) is 47.3 Å². The Hall–Kier alpha value is -3.28. The molecule has 0 aliphatic rings. The maximum atomic E-state index is 13.0.